The van der Waals surface area contributed by atoms with Crippen molar-refractivity contribution in [3.8, 4) is 12.3 Å². The predicted octanol–water partition coefficient (Wildman–Crippen LogP) is 1.68. The van der Waals surface area contributed by atoms with Gasteiger partial charge in [0.25, 0.3) is 0 Å². The Labute approximate surface area is 90.1 Å². The highest BCUT2D eigenvalue weighted by molar-refractivity contribution is 5.55. The van der Waals surface area contributed by atoms with E-state index in [9.17, 15) is 5.11 Å². The highest BCUT2D eigenvalue weighted by Gasteiger charge is 2.02. The fourth-order valence-electron chi connectivity index (χ4n) is 1.23. The van der Waals surface area contributed by atoms with Gasteiger partial charge >= 0.3 is 0 Å². The van der Waals surface area contributed by atoms with Crippen molar-refractivity contribution in [2.45, 2.75) is 6.54 Å². The normalized spacial score (nSPS) is 9.93. The van der Waals surface area contributed by atoms with Crippen molar-refractivity contribution in [2.24, 2.45) is 0 Å². The number of terminal acetylenes is 1. The van der Waals surface area contributed by atoms with Crippen molar-refractivity contribution in [3.05, 3.63) is 36.2 Å². The lowest BCUT2D eigenvalue weighted by molar-refractivity contribution is 0.364. The summed E-state index contributed by atoms with van der Waals surface area (Å²) in [4.78, 5) is 6.15. The summed E-state index contributed by atoms with van der Waals surface area (Å²) >= 11 is 0. The number of nitrogens with zero attached hydrogens (tertiary/aromatic N) is 2. The van der Waals surface area contributed by atoms with E-state index in [2.05, 4.69) is 17.5 Å². The molecule has 78 valence electrons. The number of hydrogen-bond donors (Lipinski definition) is 1. The Hall–Kier alpha value is -1.79. The first-order valence-corrected chi connectivity index (χ1v) is 4.58. The summed E-state index contributed by atoms with van der Waals surface area (Å²) in [5.74, 6) is 2.61. The zero-order chi connectivity index (χ0) is 11.3. The minimum absolute atomic E-state index is 0.0539. The van der Waals surface area contributed by atoms with Gasteiger partial charge in [-0.05, 0) is 19.2 Å². The summed E-state index contributed by atoms with van der Waals surface area (Å²) < 4.78 is 0. The highest BCUT2D eigenvalue weighted by Crippen LogP contribution is 2.10. The molecule has 1 N–H and O–H groups in total. The van der Waals surface area contributed by atoms with Crippen molar-refractivity contribution >= 4 is 5.76 Å². The average Bonchev–Trinajstić information content (AvgIpc) is 2.18. The van der Waals surface area contributed by atoms with Crippen molar-refractivity contribution in [1.82, 2.24) is 9.88 Å². The predicted molar refractivity (Wildman–Crippen MR) is 61.1 cm³/mol. The van der Waals surface area contributed by atoms with E-state index in [4.69, 9.17) is 6.42 Å². The van der Waals surface area contributed by atoms with Gasteiger partial charge in [-0.1, -0.05) is 12.5 Å². The molecule has 0 aliphatic carbocycles. The zero-order valence-electron chi connectivity index (χ0n) is 8.77. The molecule has 0 fully saturated rings. The number of aliphatic hydroxyl groups excluding tert-OH is 1. The maximum absolute atomic E-state index is 9.22. The molecule has 0 spiro atoms. The fourth-order valence-corrected chi connectivity index (χ4v) is 1.23. The third kappa shape index (κ3) is 3.45. The monoisotopic (exact) mass is 202 g/mol. The molecule has 0 amide bonds. The van der Waals surface area contributed by atoms with Gasteiger partial charge in [0.05, 0.1) is 12.2 Å². The van der Waals surface area contributed by atoms with Gasteiger partial charge in [0.2, 0.25) is 0 Å². The van der Waals surface area contributed by atoms with Crippen LogP contribution in [0.25, 0.3) is 5.76 Å². The maximum atomic E-state index is 9.22. The zero-order valence-corrected chi connectivity index (χ0v) is 8.77. The Morgan fingerprint density at radius 2 is 2.47 bits per heavy atom. The van der Waals surface area contributed by atoms with Gasteiger partial charge in [0, 0.05) is 18.3 Å². The number of hydrogen-bond acceptors (Lipinski definition) is 3. The second kappa shape index (κ2) is 5.18. The molecule has 0 saturated carbocycles. The first kappa shape index (κ1) is 11.3. The molecule has 1 aromatic heterocycles. The van der Waals surface area contributed by atoms with Gasteiger partial charge in [0.1, 0.15) is 5.76 Å². The molecule has 1 aromatic rings. The van der Waals surface area contributed by atoms with Crippen LogP contribution in [0.4, 0.5) is 0 Å². The van der Waals surface area contributed by atoms with E-state index in [-0.39, 0.29) is 5.76 Å². The van der Waals surface area contributed by atoms with Gasteiger partial charge in [0.15, 0.2) is 0 Å². The quantitative estimate of drug-likeness (QED) is 0.596. The molecule has 3 heteroatoms. The van der Waals surface area contributed by atoms with Gasteiger partial charge in [-0.15, -0.1) is 6.42 Å². The molecule has 1 heterocycles. The Balaban J connectivity index is 2.74. The molecule has 0 aliphatic rings. The standard InChI is InChI=1S/C12H14N2O/c1-4-7-14(3)9-12-8-11(10(2)15)5-6-13-12/h1,5-6,8,15H,2,7,9H2,3H3. The fraction of sp³-hybridized carbons (Fsp3) is 0.250. The Bertz CT molecular complexity index is 393. The van der Waals surface area contributed by atoms with Crippen LogP contribution in [0.1, 0.15) is 11.3 Å². The van der Waals surface area contributed by atoms with Crippen LogP contribution in [0.3, 0.4) is 0 Å². The van der Waals surface area contributed by atoms with E-state index in [1.54, 1.807) is 18.3 Å². The second-order valence-electron chi connectivity index (χ2n) is 3.36. The molecule has 0 bridgehead atoms. The third-order valence-electron chi connectivity index (χ3n) is 1.94. The van der Waals surface area contributed by atoms with Crippen LogP contribution in [0.2, 0.25) is 0 Å². The lowest BCUT2D eigenvalue weighted by Crippen LogP contribution is -2.18. The van der Waals surface area contributed by atoms with Crippen LogP contribution >= 0.6 is 0 Å². The van der Waals surface area contributed by atoms with E-state index in [1.165, 1.54) is 0 Å². The minimum Gasteiger partial charge on any atom is -0.508 e. The van der Waals surface area contributed by atoms with E-state index >= 15 is 0 Å². The average molecular weight is 202 g/mol. The smallest absolute Gasteiger partial charge is 0.115 e. The van der Waals surface area contributed by atoms with Crippen LogP contribution < -0.4 is 0 Å². The van der Waals surface area contributed by atoms with Gasteiger partial charge in [-0.3, -0.25) is 9.88 Å². The number of rotatable bonds is 4. The Kier molecular flexibility index (Phi) is 3.90. The summed E-state index contributed by atoms with van der Waals surface area (Å²) in [6.07, 6.45) is 6.84. The van der Waals surface area contributed by atoms with Crippen molar-refractivity contribution in [1.29, 1.82) is 0 Å². The van der Waals surface area contributed by atoms with Crippen LogP contribution in [-0.2, 0) is 6.54 Å². The van der Waals surface area contributed by atoms with Crippen LogP contribution in [0.5, 0.6) is 0 Å². The van der Waals surface area contributed by atoms with Crippen molar-refractivity contribution in [3.63, 3.8) is 0 Å². The molecule has 0 aromatic carbocycles. The Morgan fingerprint density at radius 1 is 1.73 bits per heavy atom. The lowest BCUT2D eigenvalue weighted by Gasteiger charge is -2.12. The number of aromatic nitrogens is 1. The molecular formula is C12H14N2O. The number of aliphatic hydroxyl groups is 1. The molecule has 0 atom stereocenters. The molecule has 0 aliphatic heterocycles. The molecular weight excluding hydrogens is 188 g/mol. The first-order chi connectivity index (χ1) is 7.13. The maximum Gasteiger partial charge on any atom is 0.115 e. The summed E-state index contributed by atoms with van der Waals surface area (Å²) in [6, 6.07) is 3.52. The molecule has 1 rings (SSSR count). The third-order valence-corrected chi connectivity index (χ3v) is 1.94. The van der Waals surface area contributed by atoms with Crippen LogP contribution in [-0.4, -0.2) is 28.6 Å². The van der Waals surface area contributed by atoms with Gasteiger partial charge in [-0.2, -0.15) is 0 Å². The molecule has 0 radical (unpaired) electrons. The summed E-state index contributed by atoms with van der Waals surface area (Å²) in [5, 5.41) is 9.22. The van der Waals surface area contributed by atoms with E-state index in [0.717, 1.165) is 5.69 Å². The minimum atomic E-state index is 0.0539. The van der Waals surface area contributed by atoms with Crippen molar-refractivity contribution in [2.75, 3.05) is 13.6 Å². The molecule has 0 saturated heterocycles. The van der Waals surface area contributed by atoms with E-state index in [0.29, 0.717) is 18.7 Å². The summed E-state index contributed by atoms with van der Waals surface area (Å²) in [7, 11) is 1.92. The molecule has 15 heavy (non-hydrogen) atoms. The SMILES string of the molecule is C#CCN(C)Cc1cc(C(=C)O)ccn1. The topological polar surface area (TPSA) is 36.4 Å². The van der Waals surface area contributed by atoms with E-state index < -0.39 is 0 Å². The summed E-state index contributed by atoms with van der Waals surface area (Å²) in [6.45, 7) is 4.70. The molecule has 0 unspecified atom stereocenters. The van der Waals surface area contributed by atoms with Gasteiger partial charge < -0.3 is 5.11 Å². The van der Waals surface area contributed by atoms with Crippen LogP contribution in [0.15, 0.2) is 24.9 Å². The lowest BCUT2D eigenvalue weighted by atomic mass is 10.2. The van der Waals surface area contributed by atoms with Crippen molar-refractivity contribution < 1.29 is 5.11 Å². The molecule has 3 nitrogen and oxygen atoms in total. The highest BCUT2D eigenvalue weighted by atomic mass is 16.3. The Morgan fingerprint density at radius 3 is 3.07 bits per heavy atom. The second-order valence-corrected chi connectivity index (χ2v) is 3.36. The van der Waals surface area contributed by atoms with Crippen LogP contribution in [0, 0.1) is 12.3 Å². The van der Waals surface area contributed by atoms with E-state index in [1.807, 2.05) is 11.9 Å². The largest absolute Gasteiger partial charge is 0.508 e. The summed E-state index contributed by atoms with van der Waals surface area (Å²) in [5.41, 5.74) is 1.55. The number of pyridine rings is 1. The van der Waals surface area contributed by atoms with Gasteiger partial charge in [-0.25, -0.2) is 0 Å². The first-order valence-electron chi connectivity index (χ1n) is 4.58.